The zero-order valence-corrected chi connectivity index (χ0v) is 12.2. The van der Waals surface area contributed by atoms with E-state index in [-0.39, 0.29) is 6.42 Å². The maximum absolute atomic E-state index is 12.3. The number of aliphatic carboxylic acids is 1. The molecule has 5 heteroatoms. The van der Waals surface area contributed by atoms with E-state index >= 15 is 0 Å². The van der Waals surface area contributed by atoms with Crippen LogP contribution in [-0.2, 0) is 4.79 Å². The largest absolute Gasteiger partial charge is 0.481 e. The summed E-state index contributed by atoms with van der Waals surface area (Å²) in [6.45, 7) is 0. The SMILES string of the molecule is CN(C(=O)Oc1ccccc1)C1(CC(=O)O)CCCCC1. The number of carbonyl (C=O) groups excluding carboxylic acids is 1. The smallest absolute Gasteiger partial charge is 0.415 e. The Balaban J connectivity index is 2.11. The van der Waals surface area contributed by atoms with Crippen LogP contribution in [0.15, 0.2) is 30.3 Å². The van der Waals surface area contributed by atoms with Gasteiger partial charge < -0.3 is 14.7 Å². The fourth-order valence-corrected chi connectivity index (χ4v) is 2.97. The Bertz CT molecular complexity index is 494. The van der Waals surface area contributed by atoms with Crippen molar-refractivity contribution in [1.29, 1.82) is 0 Å². The van der Waals surface area contributed by atoms with Crippen LogP contribution in [0.25, 0.3) is 0 Å². The van der Waals surface area contributed by atoms with Gasteiger partial charge in [-0.25, -0.2) is 4.79 Å². The van der Waals surface area contributed by atoms with Crippen molar-refractivity contribution >= 4 is 12.1 Å². The molecule has 0 radical (unpaired) electrons. The topological polar surface area (TPSA) is 66.8 Å². The van der Waals surface area contributed by atoms with Gasteiger partial charge in [0.25, 0.3) is 0 Å². The molecule has 1 aromatic rings. The summed E-state index contributed by atoms with van der Waals surface area (Å²) in [6.07, 6.45) is 3.85. The van der Waals surface area contributed by atoms with Gasteiger partial charge in [0.05, 0.1) is 12.0 Å². The second kappa shape index (κ2) is 6.61. The normalized spacial score (nSPS) is 17.0. The minimum atomic E-state index is -0.878. The average Bonchev–Trinajstić information content (AvgIpc) is 2.47. The minimum absolute atomic E-state index is 0.0343. The van der Waals surface area contributed by atoms with Crippen LogP contribution in [0, 0.1) is 0 Å². The fraction of sp³-hybridized carbons (Fsp3) is 0.500. The van der Waals surface area contributed by atoms with E-state index in [1.807, 2.05) is 6.07 Å². The van der Waals surface area contributed by atoms with E-state index in [4.69, 9.17) is 4.74 Å². The summed E-state index contributed by atoms with van der Waals surface area (Å²) in [7, 11) is 1.64. The molecule has 0 bridgehead atoms. The molecule has 0 atom stereocenters. The van der Waals surface area contributed by atoms with E-state index in [1.54, 1.807) is 31.3 Å². The monoisotopic (exact) mass is 291 g/mol. The Morgan fingerprint density at radius 3 is 2.38 bits per heavy atom. The Morgan fingerprint density at radius 2 is 1.81 bits per heavy atom. The van der Waals surface area contributed by atoms with Gasteiger partial charge in [-0.05, 0) is 25.0 Å². The van der Waals surface area contributed by atoms with Gasteiger partial charge in [0, 0.05) is 7.05 Å². The van der Waals surface area contributed by atoms with Crippen molar-refractivity contribution in [2.24, 2.45) is 0 Å². The molecule has 1 aliphatic carbocycles. The number of para-hydroxylation sites is 1. The van der Waals surface area contributed by atoms with Crippen LogP contribution in [0.1, 0.15) is 38.5 Å². The number of ether oxygens (including phenoxy) is 1. The number of rotatable bonds is 4. The highest BCUT2D eigenvalue weighted by atomic mass is 16.6. The van der Waals surface area contributed by atoms with Crippen molar-refractivity contribution in [1.82, 2.24) is 4.90 Å². The third-order valence-corrected chi connectivity index (χ3v) is 4.20. The minimum Gasteiger partial charge on any atom is -0.481 e. The summed E-state index contributed by atoms with van der Waals surface area (Å²) in [6, 6.07) is 8.83. The molecule has 1 aromatic carbocycles. The van der Waals surface area contributed by atoms with E-state index in [1.165, 1.54) is 4.90 Å². The summed E-state index contributed by atoms with van der Waals surface area (Å²) in [4.78, 5) is 25.0. The molecule has 2 rings (SSSR count). The lowest BCUT2D eigenvalue weighted by molar-refractivity contribution is -0.140. The number of carbonyl (C=O) groups is 2. The van der Waals surface area contributed by atoms with E-state index in [0.29, 0.717) is 18.6 Å². The number of carboxylic acids is 1. The number of carboxylic acid groups (broad SMARTS) is 1. The molecule has 5 nitrogen and oxygen atoms in total. The lowest BCUT2D eigenvalue weighted by Gasteiger charge is -2.43. The highest BCUT2D eigenvalue weighted by Crippen LogP contribution is 2.36. The van der Waals surface area contributed by atoms with Gasteiger partial charge in [0.1, 0.15) is 5.75 Å². The van der Waals surface area contributed by atoms with Gasteiger partial charge in [0.2, 0.25) is 0 Å². The zero-order chi connectivity index (χ0) is 15.3. The molecular weight excluding hydrogens is 270 g/mol. The highest BCUT2D eigenvalue weighted by Gasteiger charge is 2.41. The lowest BCUT2D eigenvalue weighted by Crippen LogP contribution is -2.53. The van der Waals surface area contributed by atoms with E-state index in [0.717, 1.165) is 19.3 Å². The van der Waals surface area contributed by atoms with Crippen molar-refractivity contribution in [2.45, 2.75) is 44.1 Å². The van der Waals surface area contributed by atoms with E-state index in [9.17, 15) is 14.7 Å². The van der Waals surface area contributed by atoms with E-state index in [2.05, 4.69) is 0 Å². The Kier molecular flexibility index (Phi) is 4.83. The van der Waals surface area contributed by atoms with Gasteiger partial charge in [0.15, 0.2) is 0 Å². The molecule has 1 aliphatic rings. The van der Waals surface area contributed by atoms with Crippen molar-refractivity contribution in [3.05, 3.63) is 30.3 Å². The van der Waals surface area contributed by atoms with Gasteiger partial charge in [-0.1, -0.05) is 37.5 Å². The predicted octanol–water partition coefficient (Wildman–Crippen LogP) is 3.29. The van der Waals surface area contributed by atoms with Crippen molar-refractivity contribution in [2.75, 3.05) is 7.05 Å². The van der Waals surface area contributed by atoms with Crippen LogP contribution in [0.5, 0.6) is 5.75 Å². The van der Waals surface area contributed by atoms with Crippen LogP contribution in [-0.4, -0.2) is 34.7 Å². The molecule has 114 valence electrons. The Morgan fingerprint density at radius 1 is 1.19 bits per heavy atom. The van der Waals surface area contributed by atoms with Gasteiger partial charge >= 0.3 is 12.1 Å². The quantitative estimate of drug-likeness (QED) is 0.924. The van der Waals surface area contributed by atoms with Crippen molar-refractivity contribution in [3.63, 3.8) is 0 Å². The molecule has 0 unspecified atom stereocenters. The standard InChI is InChI=1S/C16H21NO4/c1-17(15(20)21-13-8-4-2-5-9-13)16(12-14(18)19)10-6-3-7-11-16/h2,4-5,8-9H,3,6-7,10-12H2,1H3,(H,18,19). The summed E-state index contributed by atoms with van der Waals surface area (Å²) in [5.41, 5.74) is -0.629. The third-order valence-electron chi connectivity index (χ3n) is 4.20. The van der Waals surface area contributed by atoms with E-state index < -0.39 is 17.6 Å². The number of benzene rings is 1. The average molecular weight is 291 g/mol. The molecule has 0 saturated heterocycles. The molecule has 1 saturated carbocycles. The molecule has 1 fully saturated rings. The van der Waals surface area contributed by atoms with Crippen molar-refractivity contribution in [3.8, 4) is 5.75 Å². The first-order chi connectivity index (χ1) is 10.0. The highest BCUT2D eigenvalue weighted by molar-refractivity contribution is 5.74. The molecule has 0 spiro atoms. The molecule has 21 heavy (non-hydrogen) atoms. The maximum Gasteiger partial charge on any atom is 0.415 e. The van der Waals surface area contributed by atoms with Crippen molar-refractivity contribution < 1.29 is 19.4 Å². The van der Waals surface area contributed by atoms with Gasteiger partial charge in [-0.2, -0.15) is 0 Å². The first-order valence-corrected chi connectivity index (χ1v) is 7.26. The number of nitrogens with zero attached hydrogens (tertiary/aromatic N) is 1. The zero-order valence-electron chi connectivity index (χ0n) is 12.2. The molecule has 0 heterocycles. The second-order valence-corrected chi connectivity index (χ2v) is 5.60. The van der Waals surface area contributed by atoms with Crippen LogP contribution in [0.3, 0.4) is 0 Å². The number of hydrogen-bond acceptors (Lipinski definition) is 3. The number of amides is 1. The lowest BCUT2D eigenvalue weighted by atomic mass is 9.78. The maximum atomic E-state index is 12.3. The summed E-state index contributed by atoms with van der Waals surface area (Å²) in [5, 5.41) is 9.17. The first-order valence-electron chi connectivity index (χ1n) is 7.26. The van der Waals surface area contributed by atoms with Crippen LogP contribution >= 0.6 is 0 Å². The molecule has 1 amide bonds. The van der Waals surface area contributed by atoms with Gasteiger partial charge in [-0.15, -0.1) is 0 Å². The van der Waals surface area contributed by atoms with Gasteiger partial charge in [-0.3, -0.25) is 4.79 Å². The number of hydrogen-bond donors (Lipinski definition) is 1. The molecule has 0 aliphatic heterocycles. The Hall–Kier alpha value is -2.04. The first kappa shape index (κ1) is 15.4. The summed E-state index contributed by atoms with van der Waals surface area (Å²) < 4.78 is 5.33. The molecule has 0 aromatic heterocycles. The molecular formula is C16H21NO4. The summed E-state index contributed by atoms with van der Waals surface area (Å²) in [5.74, 6) is -0.410. The molecule has 1 N–H and O–H groups in total. The fourth-order valence-electron chi connectivity index (χ4n) is 2.97. The second-order valence-electron chi connectivity index (χ2n) is 5.60. The Labute approximate surface area is 124 Å². The predicted molar refractivity (Wildman–Crippen MR) is 78.3 cm³/mol. The summed E-state index contributed by atoms with van der Waals surface area (Å²) >= 11 is 0. The van der Waals surface area contributed by atoms with Crippen LogP contribution in [0.4, 0.5) is 4.79 Å². The van der Waals surface area contributed by atoms with Crippen LogP contribution < -0.4 is 4.74 Å². The van der Waals surface area contributed by atoms with Crippen LogP contribution in [0.2, 0.25) is 0 Å². The third kappa shape index (κ3) is 3.74.